The van der Waals surface area contributed by atoms with Crippen LogP contribution >= 0.6 is 0 Å². The van der Waals surface area contributed by atoms with Crippen molar-refractivity contribution in [1.29, 1.82) is 0 Å². The van der Waals surface area contributed by atoms with Gasteiger partial charge in [-0.15, -0.1) is 0 Å². The number of rotatable bonds is 8. The first kappa shape index (κ1) is 23.0. The predicted octanol–water partition coefficient (Wildman–Crippen LogP) is 4.86. The molecule has 0 unspecified atom stereocenters. The van der Waals surface area contributed by atoms with Gasteiger partial charge in [0.25, 0.3) is 5.56 Å². The zero-order valence-corrected chi connectivity index (χ0v) is 19.8. The fourth-order valence-electron chi connectivity index (χ4n) is 3.86. The molecule has 2 aromatic heterocycles. The first-order valence-electron chi connectivity index (χ1n) is 10.8. The molecule has 8 nitrogen and oxygen atoms in total. The molecular formula is C26H27N3O5. The van der Waals surface area contributed by atoms with Gasteiger partial charge in [-0.05, 0) is 48.2 Å². The van der Waals surface area contributed by atoms with Crippen molar-refractivity contribution < 1.29 is 18.9 Å². The lowest BCUT2D eigenvalue weighted by atomic mass is 10.0. The number of fused-ring (bicyclic) bond motifs is 1. The van der Waals surface area contributed by atoms with Gasteiger partial charge in [-0.25, -0.2) is 0 Å². The van der Waals surface area contributed by atoms with Gasteiger partial charge in [-0.2, -0.15) is 4.98 Å². The van der Waals surface area contributed by atoms with E-state index in [-0.39, 0.29) is 5.56 Å². The molecule has 8 heteroatoms. The van der Waals surface area contributed by atoms with Gasteiger partial charge in [0.15, 0.2) is 0 Å². The van der Waals surface area contributed by atoms with E-state index < -0.39 is 0 Å². The topological polar surface area (TPSA) is 83.8 Å². The average molecular weight is 462 g/mol. The minimum absolute atomic E-state index is 0.0882. The van der Waals surface area contributed by atoms with E-state index in [9.17, 15) is 4.79 Å². The van der Waals surface area contributed by atoms with Crippen LogP contribution in [0.4, 0.5) is 11.4 Å². The van der Waals surface area contributed by atoms with E-state index in [0.717, 1.165) is 27.8 Å². The van der Waals surface area contributed by atoms with Crippen LogP contribution in [0.25, 0.3) is 22.0 Å². The van der Waals surface area contributed by atoms with Gasteiger partial charge in [0.05, 0.1) is 34.0 Å². The van der Waals surface area contributed by atoms with E-state index in [0.29, 0.717) is 35.4 Å². The molecule has 0 bridgehead atoms. The molecule has 4 rings (SSSR count). The van der Waals surface area contributed by atoms with Crippen molar-refractivity contribution in [3.05, 3.63) is 65.0 Å². The van der Waals surface area contributed by atoms with Crippen molar-refractivity contribution >= 4 is 22.3 Å². The Morgan fingerprint density at radius 2 is 1.44 bits per heavy atom. The third-order valence-electron chi connectivity index (χ3n) is 5.56. The highest BCUT2D eigenvalue weighted by molar-refractivity contribution is 5.87. The maximum atomic E-state index is 13.5. The Hall–Kier alpha value is -4.20. The van der Waals surface area contributed by atoms with Crippen LogP contribution in [0.2, 0.25) is 0 Å². The smallest absolute Gasteiger partial charge is 0.258 e. The molecule has 0 fully saturated rings. The molecule has 0 aliphatic rings. The van der Waals surface area contributed by atoms with E-state index >= 15 is 0 Å². The van der Waals surface area contributed by atoms with Crippen LogP contribution in [0.15, 0.2) is 59.4 Å². The molecular weight excluding hydrogens is 434 g/mol. The van der Waals surface area contributed by atoms with Crippen molar-refractivity contribution in [2.24, 2.45) is 0 Å². The molecule has 0 aliphatic heterocycles. The third kappa shape index (κ3) is 4.47. The Morgan fingerprint density at radius 3 is 2.00 bits per heavy atom. The van der Waals surface area contributed by atoms with Crippen LogP contribution in [0.5, 0.6) is 23.3 Å². The molecule has 34 heavy (non-hydrogen) atoms. The van der Waals surface area contributed by atoms with Crippen molar-refractivity contribution in [2.45, 2.75) is 13.5 Å². The van der Waals surface area contributed by atoms with Crippen LogP contribution in [0, 0.1) is 0 Å². The summed E-state index contributed by atoms with van der Waals surface area (Å²) in [5.74, 6) is 2.12. The van der Waals surface area contributed by atoms with Crippen LogP contribution in [0.3, 0.4) is 0 Å². The number of nitrogens with one attached hydrogen (secondary N) is 1. The van der Waals surface area contributed by atoms with Crippen LogP contribution < -0.4 is 29.8 Å². The molecule has 1 N–H and O–H groups in total. The van der Waals surface area contributed by atoms with E-state index in [2.05, 4.69) is 10.3 Å². The summed E-state index contributed by atoms with van der Waals surface area (Å²) in [5, 5.41) is 4.28. The second kappa shape index (κ2) is 9.74. The normalized spacial score (nSPS) is 10.7. The lowest BCUT2D eigenvalue weighted by molar-refractivity contribution is 0.365. The number of methoxy groups -OCH3 is 4. The van der Waals surface area contributed by atoms with Crippen molar-refractivity contribution in [2.75, 3.05) is 33.8 Å². The van der Waals surface area contributed by atoms with Gasteiger partial charge < -0.3 is 28.8 Å². The standard InChI is InChI=1S/C26H27N3O5/c1-6-29-23-12-18(27-19-13-24(33-4)28-25(14-19)34-5)8-7-16(23)11-22(26(29)30)17-9-20(31-2)15-21(10-17)32-3/h7-15H,6H2,1-5H3,(H,27,28). The van der Waals surface area contributed by atoms with Gasteiger partial charge in [-0.1, -0.05) is 6.07 Å². The molecule has 0 amide bonds. The quantitative estimate of drug-likeness (QED) is 0.401. The summed E-state index contributed by atoms with van der Waals surface area (Å²) < 4.78 is 23.0. The number of nitrogens with zero attached hydrogens (tertiary/aromatic N) is 2. The summed E-state index contributed by atoms with van der Waals surface area (Å²) in [5.41, 5.74) is 3.63. The summed E-state index contributed by atoms with van der Waals surface area (Å²) >= 11 is 0. The molecule has 176 valence electrons. The number of aromatic nitrogens is 2. The van der Waals surface area contributed by atoms with E-state index in [1.54, 1.807) is 51.2 Å². The number of pyridine rings is 2. The number of aryl methyl sites for hydroxylation is 1. The van der Waals surface area contributed by atoms with Gasteiger partial charge in [0.2, 0.25) is 11.8 Å². The minimum atomic E-state index is -0.0882. The zero-order chi connectivity index (χ0) is 24.2. The monoisotopic (exact) mass is 461 g/mol. The number of hydrogen-bond acceptors (Lipinski definition) is 7. The van der Waals surface area contributed by atoms with E-state index in [4.69, 9.17) is 18.9 Å². The maximum absolute atomic E-state index is 13.5. The summed E-state index contributed by atoms with van der Waals surface area (Å²) in [6, 6.07) is 16.8. The predicted molar refractivity (Wildman–Crippen MR) is 133 cm³/mol. The Morgan fingerprint density at radius 1 is 0.794 bits per heavy atom. The van der Waals surface area contributed by atoms with Crippen molar-refractivity contribution in [3.8, 4) is 34.4 Å². The molecule has 0 radical (unpaired) electrons. The number of ether oxygens (including phenoxy) is 4. The molecule has 0 saturated carbocycles. The number of anilines is 2. The SMILES string of the molecule is CCn1c(=O)c(-c2cc(OC)cc(OC)c2)cc2ccc(Nc3cc(OC)nc(OC)c3)cc21. The van der Waals surface area contributed by atoms with E-state index in [1.807, 2.05) is 43.3 Å². The second-order valence-corrected chi connectivity index (χ2v) is 7.55. The van der Waals surface area contributed by atoms with Gasteiger partial charge in [0.1, 0.15) is 11.5 Å². The number of benzene rings is 2. The van der Waals surface area contributed by atoms with Gasteiger partial charge in [-0.3, -0.25) is 4.79 Å². The fraction of sp³-hybridized carbons (Fsp3) is 0.231. The van der Waals surface area contributed by atoms with Crippen LogP contribution in [0.1, 0.15) is 6.92 Å². The minimum Gasteiger partial charge on any atom is -0.497 e. The summed E-state index contributed by atoms with van der Waals surface area (Å²) in [6.45, 7) is 2.47. The molecule has 0 aliphatic carbocycles. The van der Waals surface area contributed by atoms with E-state index in [1.165, 1.54) is 0 Å². The Labute approximate surface area is 197 Å². The number of hydrogen-bond donors (Lipinski definition) is 1. The molecule has 2 heterocycles. The first-order chi connectivity index (χ1) is 16.5. The van der Waals surface area contributed by atoms with Gasteiger partial charge >= 0.3 is 0 Å². The fourth-order valence-corrected chi connectivity index (χ4v) is 3.86. The Bertz CT molecular complexity index is 1350. The van der Waals surface area contributed by atoms with Crippen LogP contribution in [-0.4, -0.2) is 38.0 Å². The van der Waals surface area contributed by atoms with Crippen molar-refractivity contribution in [1.82, 2.24) is 9.55 Å². The van der Waals surface area contributed by atoms with Gasteiger partial charge in [0, 0.05) is 41.7 Å². The summed E-state index contributed by atoms with van der Waals surface area (Å²) in [6.07, 6.45) is 0. The first-order valence-corrected chi connectivity index (χ1v) is 10.8. The molecule has 0 saturated heterocycles. The highest BCUT2D eigenvalue weighted by atomic mass is 16.5. The highest BCUT2D eigenvalue weighted by Crippen LogP contribution is 2.31. The largest absolute Gasteiger partial charge is 0.497 e. The summed E-state index contributed by atoms with van der Waals surface area (Å²) in [4.78, 5) is 17.7. The van der Waals surface area contributed by atoms with Crippen molar-refractivity contribution in [3.63, 3.8) is 0 Å². The lowest BCUT2D eigenvalue weighted by Gasteiger charge is -2.15. The molecule has 4 aromatic rings. The zero-order valence-electron chi connectivity index (χ0n) is 19.8. The maximum Gasteiger partial charge on any atom is 0.258 e. The molecule has 0 spiro atoms. The summed E-state index contributed by atoms with van der Waals surface area (Å²) in [7, 11) is 6.28. The average Bonchev–Trinajstić information content (AvgIpc) is 2.87. The molecule has 0 atom stereocenters. The highest BCUT2D eigenvalue weighted by Gasteiger charge is 2.14. The lowest BCUT2D eigenvalue weighted by Crippen LogP contribution is -2.21. The Balaban J connectivity index is 1.80. The second-order valence-electron chi connectivity index (χ2n) is 7.55. The van der Waals surface area contributed by atoms with Crippen LogP contribution in [-0.2, 0) is 6.54 Å². The molecule has 2 aromatic carbocycles. The Kier molecular flexibility index (Phi) is 6.58. The third-order valence-corrected chi connectivity index (χ3v) is 5.56.